The van der Waals surface area contributed by atoms with Crippen LogP contribution in [0.25, 0.3) is 0 Å². The fourth-order valence-electron chi connectivity index (χ4n) is 2.67. The lowest BCUT2D eigenvalue weighted by Gasteiger charge is -2.31. The summed E-state index contributed by atoms with van der Waals surface area (Å²) < 4.78 is 0. The van der Waals surface area contributed by atoms with Gasteiger partial charge in [-0.05, 0) is 49.5 Å². The molecule has 2 aromatic rings. The van der Waals surface area contributed by atoms with Crippen LogP contribution in [0, 0.1) is 0 Å². The molecule has 0 amide bonds. The number of rotatable bonds is 3. The second kappa shape index (κ2) is 5.31. The third kappa shape index (κ3) is 2.59. The summed E-state index contributed by atoms with van der Waals surface area (Å²) in [6, 6.07) is 4.30. The number of piperidine rings is 1. The number of hydrogen-bond acceptors (Lipinski definition) is 3. The van der Waals surface area contributed by atoms with Crippen molar-refractivity contribution in [2.24, 2.45) is 0 Å². The Labute approximate surface area is 107 Å². The fraction of sp³-hybridized carbons (Fsp3) is 0.429. The van der Waals surface area contributed by atoms with E-state index in [0.29, 0.717) is 5.92 Å². The summed E-state index contributed by atoms with van der Waals surface area (Å²) in [6.45, 7) is 3.31. The number of imidazole rings is 1. The van der Waals surface area contributed by atoms with E-state index >= 15 is 0 Å². The summed E-state index contributed by atoms with van der Waals surface area (Å²) in [7, 11) is 0. The van der Waals surface area contributed by atoms with Crippen molar-refractivity contribution in [1.82, 2.24) is 19.9 Å². The molecule has 0 saturated carbocycles. The highest BCUT2D eigenvalue weighted by atomic mass is 15.1. The zero-order valence-electron chi connectivity index (χ0n) is 10.4. The molecule has 0 aromatic carbocycles. The molecule has 0 radical (unpaired) electrons. The maximum atomic E-state index is 4.08. The highest BCUT2D eigenvalue weighted by Crippen LogP contribution is 2.27. The van der Waals surface area contributed by atoms with E-state index in [1.807, 2.05) is 18.6 Å². The van der Waals surface area contributed by atoms with Gasteiger partial charge in [-0.2, -0.15) is 0 Å². The lowest BCUT2D eigenvalue weighted by Crippen LogP contribution is -2.32. The Bertz CT molecular complexity index is 458. The van der Waals surface area contributed by atoms with Gasteiger partial charge in [0, 0.05) is 30.8 Å². The third-order valence-corrected chi connectivity index (χ3v) is 3.71. The molecular weight excluding hydrogens is 224 g/mol. The number of hydrogen-bond donors (Lipinski definition) is 1. The van der Waals surface area contributed by atoms with Gasteiger partial charge in [-0.15, -0.1) is 0 Å². The number of H-pyrrole nitrogens is 1. The van der Waals surface area contributed by atoms with Gasteiger partial charge in [-0.25, -0.2) is 4.98 Å². The van der Waals surface area contributed by atoms with Gasteiger partial charge >= 0.3 is 0 Å². The summed E-state index contributed by atoms with van der Waals surface area (Å²) in [4.78, 5) is 13.8. The molecule has 1 N–H and O–H groups in total. The van der Waals surface area contributed by atoms with E-state index < -0.39 is 0 Å². The van der Waals surface area contributed by atoms with Gasteiger partial charge in [0.25, 0.3) is 0 Å². The molecule has 18 heavy (non-hydrogen) atoms. The first kappa shape index (κ1) is 11.4. The molecule has 1 fully saturated rings. The van der Waals surface area contributed by atoms with Crippen LogP contribution in [0.3, 0.4) is 0 Å². The lowest BCUT2D eigenvalue weighted by molar-refractivity contribution is 0.203. The van der Waals surface area contributed by atoms with E-state index in [4.69, 9.17) is 0 Å². The summed E-state index contributed by atoms with van der Waals surface area (Å²) >= 11 is 0. The lowest BCUT2D eigenvalue weighted by atomic mass is 9.90. The molecule has 1 aliphatic rings. The smallest absolute Gasteiger partial charge is 0.0922 e. The van der Waals surface area contributed by atoms with Crippen molar-refractivity contribution < 1.29 is 0 Å². The van der Waals surface area contributed by atoms with Gasteiger partial charge in [0.1, 0.15) is 0 Å². The van der Waals surface area contributed by atoms with Gasteiger partial charge in [0.15, 0.2) is 0 Å². The quantitative estimate of drug-likeness (QED) is 0.897. The van der Waals surface area contributed by atoms with Crippen molar-refractivity contribution in [2.75, 3.05) is 13.1 Å². The SMILES string of the molecule is c1cc(C2CCN(Cc3cnc[nH]3)CC2)ccn1. The first-order valence-electron chi connectivity index (χ1n) is 6.51. The molecular formula is C14H18N4. The molecule has 0 unspecified atom stereocenters. The minimum absolute atomic E-state index is 0.700. The Hall–Kier alpha value is -1.68. The molecule has 0 bridgehead atoms. The Morgan fingerprint density at radius 1 is 1.17 bits per heavy atom. The van der Waals surface area contributed by atoms with Crippen LogP contribution in [-0.4, -0.2) is 32.9 Å². The van der Waals surface area contributed by atoms with Gasteiger partial charge in [0.05, 0.1) is 6.33 Å². The number of likely N-dealkylation sites (tertiary alicyclic amines) is 1. The van der Waals surface area contributed by atoms with Crippen molar-refractivity contribution in [3.8, 4) is 0 Å². The number of nitrogens with zero attached hydrogens (tertiary/aromatic N) is 3. The molecule has 2 aromatic heterocycles. The topological polar surface area (TPSA) is 44.8 Å². The Kier molecular flexibility index (Phi) is 3.37. The number of nitrogens with one attached hydrogen (secondary N) is 1. The molecule has 0 spiro atoms. The minimum atomic E-state index is 0.700. The fourth-order valence-corrected chi connectivity index (χ4v) is 2.67. The maximum absolute atomic E-state index is 4.08. The Morgan fingerprint density at radius 3 is 2.61 bits per heavy atom. The zero-order chi connectivity index (χ0) is 12.2. The normalized spacial score (nSPS) is 18.0. The van der Waals surface area contributed by atoms with Crippen LogP contribution in [0.2, 0.25) is 0 Å². The summed E-state index contributed by atoms with van der Waals surface area (Å²) in [5.41, 5.74) is 2.64. The Balaban J connectivity index is 1.55. The van der Waals surface area contributed by atoms with Crippen molar-refractivity contribution in [3.63, 3.8) is 0 Å². The average Bonchev–Trinajstić information content (AvgIpc) is 2.94. The molecule has 1 saturated heterocycles. The van der Waals surface area contributed by atoms with E-state index in [1.54, 1.807) is 6.33 Å². The predicted molar refractivity (Wildman–Crippen MR) is 70.1 cm³/mol. The molecule has 3 rings (SSSR count). The zero-order valence-corrected chi connectivity index (χ0v) is 10.4. The average molecular weight is 242 g/mol. The van der Waals surface area contributed by atoms with E-state index in [1.165, 1.54) is 24.1 Å². The number of pyridine rings is 1. The second-order valence-corrected chi connectivity index (χ2v) is 4.91. The van der Waals surface area contributed by atoms with E-state index in [9.17, 15) is 0 Å². The van der Waals surface area contributed by atoms with Crippen molar-refractivity contribution >= 4 is 0 Å². The minimum Gasteiger partial charge on any atom is -0.347 e. The van der Waals surface area contributed by atoms with Crippen LogP contribution in [-0.2, 0) is 6.54 Å². The summed E-state index contributed by atoms with van der Waals surface area (Å²) in [5.74, 6) is 0.700. The summed E-state index contributed by atoms with van der Waals surface area (Å²) in [5, 5.41) is 0. The molecule has 3 heterocycles. The first-order chi connectivity index (χ1) is 8.92. The van der Waals surface area contributed by atoms with Crippen molar-refractivity contribution in [3.05, 3.63) is 48.3 Å². The van der Waals surface area contributed by atoms with Crippen LogP contribution in [0.5, 0.6) is 0 Å². The van der Waals surface area contributed by atoms with Crippen LogP contribution in [0.4, 0.5) is 0 Å². The van der Waals surface area contributed by atoms with Crippen LogP contribution < -0.4 is 0 Å². The van der Waals surface area contributed by atoms with E-state index in [-0.39, 0.29) is 0 Å². The largest absolute Gasteiger partial charge is 0.347 e. The molecule has 4 nitrogen and oxygen atoms in total. The molecule has 0 atom stereocenters. The molecule has 4 heteroatoms. The van der Waals surface area contributed by atoms with Gasteiger partial charge in [-0.1, -0.05) is 0 Å². The predicted octanol–water partition coefficient (Wildman–Crippen LogP) is 2.18. The monoisotopic (exact) mass is 242 g/mol. The van der Waals surface area contributed by atoms with Crippen molar-refractivity contribution in [2.45, 2.75) is 25.3 Å². The van der Waals surface area contributed by atoms with Crippen molar-refractivity contribution in [1.29, 1.82) is 0 Å². The standard InChI is InChI=1S/C14H18N4/c1-5-15-6-2-12(1)13-3-7-18(8-4-13)10-14-9-16-11-17-14/h1-2,5-6,9,11,13H,3-4,7-8,10H2,(H,16,17). The van der Waals surface area contributed by atoms with Crippen LogP contribution >= 0.6 is 0 Å². The van der Waals surface area contributed by atoms with E-state index in [2.05, 4.69) is 32.0 Å². The Morgan fingerprint density at radius 2 is 1.94 bits per heavy atom. The molecule has 94 valence electrons. The maximum Gasteiger partial charge on any atom is 0.0922 e. The number of aromatic nitrogens is 3. The summed E-state index contributed by atoms with van der Waals surface area (Å²) in [6.07, 6.45) is 9.92. The first-order valence-corrected chi connectivity index (χ1v) is 6.51. The molecule has 1 aliphatic heterocycles. The molecule has 0 aliphatic carbocycles. The highest BCUT2D eigenvalue weighted by molar-refractivity contribution is 5.16. The third-order valence-electron chi connectivity index (χ3n) is 3.71. The van der Waals surface area contributed by atoms with Gasteiger partial charge in [-0.3, -0.25) is 9.88 Å². The van der Waals surface area contributed by atoms with E-state index in [0.717, 1.165) is 19.6 Å². The number of aromatic amines is 1. The highest BCUT2D eigenvalue weighted by Gasteiger charge is 2.20. The van der Waals surface area contributed by atoms with Crippen LogP contribution in [0.1, 0.15) is 30.0 Å². The van der Waals surface area contributed by atoms with Crippen LogP contribution in [0.15, 0.2) is 37.1 Å². The second-order valence-electron chi connectivity index (χ2n) is 4.91. The van der Waals surface area contributed by atoms with Gasteiger partial charge in [0.2, 0.25) is 0 Å². The van der Waals surface area contributed by atoms with Gasteiger partial charge < -0.3 is 4.98 Å².